The van der Waals surface area contributed by atoms with E-state index in [9.17, 15) is 19.8 Å². The molecule has 29 heavy (non-hydrogen) atoms. The highest BCUT2D eigenvalue weighted by Gasteiger charge is 2.48. The number of carbonyl (C=O) groups excluding carboxylic acids is 2. The van der Waals surface area contributed by atoms with Crippen LogP contribution in [0.2, 0.25) is 5.02 Å². The fraction of sp³-hybridized carbons (Fsp3) is 0.0952. The first-order chi connectivity index (χ1) is 13.9. The van der Waals surface area contributed by atoms with Crippen LogP contribution in [-0.2, 0) is 9.59 Å². The number of amides is 1. The van der Waals surface area contributed by atoms with Gasteiger partial charge in [-0.1, -0.05) is 28.9 Å². The van der Waals surface area contributed by atoms with Gasteiger partial charge in [-0.25, -0.2) is 0 Å². The Morgan fingerprint density at radius 2 is 1.86 bits per heavy atom. The van der Waals surface area contributed by atoms with E-state index < -0.39 is 17.7 Å². The van der Waals surface area contributed by atoms with Crippen molar-refractivity contribution in [2.24, 2.45) is 0 Å². The van der Waals surface area contributed by atoms with Crippen LogP contribution in [0.15, 0.2) is 64.7 Å². The summed E-state index contributed by atoms with van der Waals surface area (Å²) in [4.78, 5) is 26.9. The maximum absolute atomic E-state index is 12.9. The number of phenols is 1. The Bertz CT molecular complexity index is 1150. The lowest BCUT2D eigenvalue weighted by atomic mass is 9.95. The Morgan fingerprint density at radius 1 is 1.14 bits per heavy atom. The molecule has 2 N–H and O–H groups in total. The number of ketones is 1. The van der Waals surface area contributed by atoms with Gasteiger partial charge >= 0.3 is 5.91 Å². The molecule has 1 aliphatic rings. The van der Waals surface area contributed by atoms with Gasteiger partial charge in [0.2, 0.25) is 0 Å². The molecule has 3 aromatic rings. The molecule has 0 aliphatic carbocycles. The van der Waals surface area contributed by atoms with Gasteiger partial charge in [0.15, 0.2) is 5.82 Å². The van der Waals surface area contributed by atoms with Crippen LogP contribution in [0.5, 0.6) is 5.75 Å². The number of carbonyl (C=O) groups is 2. The van der Waals surface area contributed by atoms with Gasteiger partial charge in [0.1, 0.15) is 17.3 Å². The standard InChI is InChI=1S/C21H15ClN2O5/c1-11-9-16(23-29-11)24-18(13-3-2-4-15(25)10-13)17(20(27)21(24)28)19(26)12-5-7-14(22)8-6-12/h2-10,18,25-26H,1H3. The molecule has 1 aromatic heterocycles. The van der Waals surface area contributed by atoms with E-state index in [1.165, 1.54) is 18.2 Å². The molecule has 4 rings (SSSR count). The fourth-order valence-electron chi connectivity index (χ4n) is 3.31. The van der Waals surface area contributed by atoms with E-state index in [4.69, 9.17) is 16.1 Å². The second kappa shape index (κ2) is 7.10. The number of aromatic nitrogens is 1. The molecule has 146 valence electrons. The van der Waals surface area contributed by atoms with Crippen LogP contribution in [0.25, 0.3) is 5.76 Å². The average molecular weight is 411 g/mol. The molecule has 1 amide bonds. The Balaban J connectivity index is 1.95. The van der Waals surface area contributed by atoms with E-state index in [0.717, 1.165) is 4.90 Å². The molecule has 0 saturated carbocycles. The average Bonchev–Trinajstić information content (AvgIpc) is 3.23. The smallest absolute Gasteiger partial charge is 0.301 e. The predicted octanol–water partition coefficient (Wildman–Crippen LogP) is 3.97. The van der Waals surface area contributed by atoms with Gasteiger partial charge in [0.25, 0.3) is 5.78 Å². The normalized spacial score (nSPS) is 18.4. The first kappa shape index (κ1) is 18.8. The lowest BCUT2D eigenvalue weighted by Gasteiger charge is -2.22. The molecular formula is C21H15ClN2O5. The minimum atomic E-state index is -0.998. The Morgan fingerprint density at radius 3 is 2.48 bits per heavy atom. The zero-order valence-corrected chi connectivity index (χ0v) is 15.9. The number of Topliss-reactive ketones (excluding diaryl/α,β-unsaturated/α-hetero) is 1. The van der Waals surface area contributed by atoms with Crippen LogP contribution in [0.4, 0.5) is 5.82 Å². The third-order valence-electron chi connectivity index (χ3n) is 4.61. The number of hydrogen-bond acceptors (Lipinski definition) is 6. The molecule has 1 aliphatic heterocycles. The predicted molar refractivity (Wildman–Crippen MR) is 106 cm³/mol. The molecule has 0 radical (unpaired) electrons. The molecule has 1 saturated heterocycles. The van der Waals surface area contributed by atoms with Crippen molar-refractivity contribution in [2.45, 2.75) is 13.0 Å². The maximum atomic E-state index is 12.9. The van der Waals surface area contributed by atoms with E-state index in [1.54, 1.807) is 43.3 Å². The number of hydrogen-bond donors (Lipinski definition) is 2. The third-order valence-corrected chi connectivity index (χ3v) is 4.86. The SMILES string of the molecule is Cc1cc(N2C(=O)C(=O)C(=C(O)c3ccc(Cl)cc3)C2c2cccc(O)c2)no1. The fourth-order valence-corrected chi connectivity index (χ4v) is 3.44. The van der Waals surface area contributed by atoms with Crippen molar-refractivity contribution < 1.29 is 24.3 Å². The minimum Gasteiger partial charge on any atom is -0.508 e. The summed E-state index contributed by atoms with van der Waals surface area (Å²) in [5.74, 6) is -1.54. The van der Waals surface area contributed by atoms with Crippen LogP contribution in [-0.4, -0.2) is 27.1 Å². The van der Waals surface area contributed by atoms with Crippen LogP contribution in [0.1, 0.15) is 22.9 Å². The number of aliphatic hydroxyl groups is 1. The summed E-state index contributed by atoms with van der Waals surface area (Å²) in [5.41, 5.74) is 0.637. The highest BCUT2D eigenvalue weighted by atomic mass is 35.5. The summed E-state index contributed by atoms with van der Waals surface area (Å²) < 4.78 is 5.06. The van der Waals surface area contributed by atoms with Gasteiger partial charge in [0.05, 0.1) is 11.6 Å². The molecule has 0 bridgehead atoms. The summed E-state index contributed by atoms with van der Waals surface area (Å²) in [6, 6.07) is 12.9. The second-order valence-electron chi connectivity index (χ2n) is 6.57. The van der Waals surface area contributed by atoms with Gasteiger partial charge in [0, 0.05) is 16.7 Å². The number of halogens is 1. The quantitative estimate of drug-likeness (QED) is 0.384. The third kappa shape index (κ3) is 3.25. The number of rotatable bonds is 3. The second-order valence-corrected chi connectivity index (χ2v) is 7.00. The Labute approximate surface area is 170 Å². The number of aryl methyl sites for hydroxylation is 1. The number of nitrogens with zero attached hydrogens (tertiary/aromatic N) is 2. The number of benzene rings is 2. The van der Waals surface area contributed by atoms with Gasteiger partial charge in [-0.15, -0.1) is 0 Å². The van der Waals surface area contributed by atoms with Gasteiger partial charge in [-0.3, -0.25) is 14.5 Å². The van der Waals surface area contributed by atoms with Crippen LogP contribution in [0.3, 0.4) is 0 Å². The molecule has 7 nitrogen and oxygen atoms in total. The molecule has 1 atom stereocenters. The highest BCUT2D eigenvalue weighted by molar-refractivity contribution is 6.51. The van der Waals surface area contributed by atoms with Crippen molar-refractivity contribution >= 4 is 34.9 Å². The molecule has 2 aromatic carbocycles. The van der Waals surface area contributed by atoms with Crippen molar-refractivity contribution in [3.8, 4) is 5.75 Å². The van der Waals surface area contributed by atoms with Crippen molar-refractivity contribution in [3.63, 3.8) is 0 Å². The monoisotopic (exact) mass is 410 g/mol. The van der Waals surface area contributed by atoms with Gasteiger partial charge in [-0.2, -0.15) is 0 Å². The maximum Gasteiger partial charge on any atom is 0.301 e. The van der Waals surface area contributed by atoms with E-state index in [1.807, 2.05) is 0 Å². The summed E-state index contributed by atoms with van der Waals surface area (Å²) in [5, 5.41) is 25.1. The first-order valence-electron chi connectivity index (χ1n) is 8.66. The van der Waals surface area contributed by atoms with Crippen molar-refractivity contribution in [3.05, 3.63) is 82.1 Å². The van der Waals surface area contributed by atoms with Gasteiger partial charge < -0.3 is 14.7 Å². The van der Waals surface area contributed by atoms with Crippen LogP contribution >= 0.6 is 11.6 Å². The zero-order valence-electron chi connectivity index (χ0n) is 15.2. The molecule has 2 heterocycles. The number of aliphatic hydroxyl groups excluding tert-OH is 1. The summed E-state index contributed by atoms with van der Waals surface area (Å²) in [6.07, 6.45) is 0. The minimum absolute atomic E-state index is 0.0454. The summed E-state index contributed by atoms with van der Waals surface area (Å²) >= 11 is 5.90. The molecule has 8 heteroatoms. The van der Waals surface area contributed by atoms with Crippen LogP contribution < -0.4 is 4.90 Å². The summed E-state index contributed by atoms with van der Waals surface area (Å²) in [6.45, 7) is 1.66. The first-order valence-corrected chi connectivity index (χ1v) is 9.04. The Hall–Kier alpha value is -3.58. The van der Waals surface area contributed by atoms with E-state index in [2.05, 4.69) is 5.16 Å². The van der Waals surface area contributed by atoms with E-state index >= 15 is 0 Å². The van der Waals surface area contributed by atoms with Crippen LogP contribution in [0, 0.1) is 6.92 Å². The van der Waals surface area contributed by atoms with Crippen molar-refractivity contribution in [1.29, 1.82) is 0 Å². The summed E-state index contributed by atoms with van der Waals surface area (Å²) in [7, 11) is 0. The topological polar surface area (TPSA) is 104 Å². The van der Waals surface area contributed by atoms with Crippen molar-refractivity contribution in [1.82, 2.24) is 5.16 Å². The van der Waals surface area contributed by atoms with Crippen molar-refractivity contribution in [2.75, 3.05) is 4.90 Å². The van der Waals surface area contributed by atoms with Gasteiger partial charge in [-0.05, 0) is 48.9 Å². The number of phenolic OH excluding ortho intramolecular Hbond substituents is 1. The molecule has 1 unspecified atom stereocenters. The van der Waals surface area contributed by atoms with E-state index in [-0.39, 0.29) is 22.9 Å². The largest absolute Gasteiger partial charge is 0.508 e. The molecule has 1 fully saturated rings. The molecule has 0 spiro atoms. The number of aromatic hydroxyl groups is 1. The number of anilines is 1. The lowest BCUT2D eigenvalue weighted by Crippen LogP contribution is -2.29. The Kier molecular flexibility index (Phi) is 4.60. The highest BCUT2D eigenvalue weighted by Crippen LogP contribution is 2.42. The molecular weight excluding hydrogens is 396 g/mol. The van der Waals surface area contributed by atoms with E-state index in [0.29, 0.717) is 21.9 Å². The zero-order chi connectivity index (χ0) is 20.7. The lowest BCUT2D eigenvalue weighted by molar-refractivity contribution is -0.132.